The van der Waals surface area contributed by atoms with E-state index in [2.05, 4.69) is 9.69 Å². The van der Waals surface area contributed by atoms with Crippen molar-refractivity contribution in [3.8, 4) is 23.6 Å². The molecule has 7 rings (SSSR count). The van der Waals surface area contributed by atoms with Gasteiger partial charge in [0.25, 0.3) is 11.4 Å². The van der Waals surface area contributed by atoms with Crippen LogP contribution in [0, 0.1) is 35.8 Å². The van der Waals surface area contributed by atoms with Gasteiger partial charge in [-0.1, -0.05) is 78.9 Å². The van der Waals surface area contributed by atoms with Crippen molar-refractivity contribution in [3.05, 3.63) is 199 Å². The van der Waals surface area contributed by atoms with Crippen LogP contribution < -0.4 is 9.47 Å². The van der Waals surface area contributed by atoms with E-state index in [4.69, 9.17) is 22.6 Å². The zero-order valence-electron chi connectivity index (χ0n) is 26.2. The summed E-state index contributed by atoms with van der Waals surface area (Å²) in [6, 6.07) is 35.4. The van der Waals surface area contributed by atoms with Gasteiger partial charge in [-0.15, -0.1) is 0 Å². The van der Waals surface area contributed by atoms with Crippen LogP contribution in [0.5, 0.6) is 11.5 Å². The minimum absolute atomic E-state index is 0.0635. The summed E-state index contributed by atoms with van der Waals surface area (Å²) < 4.78 is 11.6. The lowest BCUT2D eigenvalue weighted by Crippen LogP contribution is -2.17. The summed E-state index contributed by atoms with van der Waals surface area (Å²) in [6.07, 6.45) is 0.812. The Morgan fingerprint density at radius 2 is 0.960 bits per heavy atom. The first-order valence-electron chi connectivity index (χ1n) is 15.4. The predicted molar refractivity (Wildman–Crippen MR) is 184 cm³/mol. The molecule has 0 bridgehead atoms. The van der Waals surface area contributed by atoms with Gasteiger partial charge in [-0.25, -0.2) is 29.8 Å². The smallest absolute Gasteiger partial charge is 0.343 e. The van der Waals surface area contributed by atoms with Crippen molar-refractivity contribution in [2.45, 2.75) is 12.8 Å². The zero-order valence-corrected chi connectivity index (χ0v) is 26.2. The fraction of sp³-hybridized carbons (Fsp3) is 0.0476. The van der Waals surface area contributed by atoms with E-state index in [1.807, 2.05) is 60.7 Å². The number of hydrogen-bond donors (Lipinski definition) is 0. The standard InChI is InChI=1S/C42H22N4O4/c1-45-37(23-43)39-29-14-5-3-10-25(29)20-35-31(39)16-8-18-33(35)41(47)49-27-12-7-13-28(22-27)50-42(48)34-19-9-17-32-36(34)21-26-11-4-6-15-30(26)40(32)38(24-44)46-2/h3-19,22H,20-21H2. The van der Waals surface area contributed by atoms with Gasteiger partial charge in [0, 0.05) is 17.2 Å². The van der Waals surface area contributed by atoms with Gasteiger partial charge < -0.3 is 9.47 Å². The van der Waals surface area contributed by atoms with Crippen LogP contribution in [0.4, 0.5) is 0 Å². The summed E-state index contributed by atoms with van der Waals surface area (Å²) in [5.41, 5.74) is 7.27. The van der Waals surface area contributed by atoms with E-state index < -0.39 is 11.9 Å². The number of nitrogens with zero attached hydrogens (tertiary/aromatic N) is 4. The second-order valence-electron chi connectivity index (χ2n) is 11.5. The predicted octanol–water partition coefficient (Wildman–Crippen LogP) is 8.34. The Hall–Kier alpha value is -7.52. The first kappa shape index (κ1) is 31.1. The zero-order chi connectivity index (χ0) is 34.8. The number of carbonyl (C=O) groups is 2. The summed E-state index contributed by atoms with van der Waals surface area (Å²) >= 11 is 0. The maximum Gasteiger partial charge on any atom is 0.343 e. The molecule has 2 aliphatic rings. The van der Waals surface area contributed by atoms with Crippen LogP contribution in [0.3, 0.4) is 0 Å². The monoisotopic (exact) mass is 646 g/mol. The Kier molecular flexibility index (Phi) is 8.05. The molecule has 0 aliphatic heterocycles. The van der Waals surface area contributed by atoms with Crippen molar-refractivity contribution in [1.29, 1.82) is 10.5 Å². The highest BCUT2D eigenvalue weighted by Gasteiger charge is 2.29. The number of rotatable bonds is 4. The van der Waals surface area contributed by atoms with Crippen LogP contribution in [0.1, 0.15) is 65.2 Å². The van der Waals surface area contributed by atoms with Crippen LogP contribution in [0.15, 0.2) is 121 Å². The number of benzene rings is 5. The van der Waals surface area contributed by atoms with Gasteiger partial charge in [0.2, 0.25) is 0 Å². The van der Waals surface area contributed by atoms with E-state index in [0.717, 1.165) is 22.3 Å². The number of fused-ring (bicyclic) bond motifs is 4. The van der Waals surface area contributed by atoms with E-state index in [1.54, 1.807) is 54.6 Å². The highest BCUT2D eigenvalue weighted by molar-refractivity contribution is 6.00. The minimum Gasteiger partial charge on any atom is -0.423 e. The molecule has 50 heavy (non-hydrogen) atoms. The molecule has 0 fully saturated rings. The second kappa shape index (κ2) is 12.9. The van der Waals surface area contributed by atoms with Gasteiger partial charge in [0.05, 0.1) is 36.4 Å². The van der Waals surface area contributed by atoms with Crippen molar-refractivity contribution in [2.75, 3.05) is 0 Å². The van der Waals surface area contributed by atoms with Crippen molar-refractivity contribution in [3.63, 3.8) is 0 Å². The average molecular weight is 647 g/mol. The van der Waals surface area contributed by atoms with Crippen molar-refractivity contribution >= 4 is 23.1 Å². The number of allylic oxidation sites excluding steroid dienone is 2. The Labute approximate surface area is 287 Å². The summed E-state index contributed by atoms with van der Waals surface area (Å²) in [5, 5.41) is 19.5. The lowest BCUT2D eigenvalue weighted by Gasteiger charge is -2.25. The number of carbonyl (C=O) groups excluding carboxylic acids is 2. The number of ether oxygens (including phenoxy) is 2. The molecule has 0 heterocycles. The fourth-order valence-corrected chi connectivity index (χ4v) is 6.62. The molecule has 0 atom stereocenters. The van der Waals surface area contributed by atoms with E-state index in [1.165, 1.54) is 6.07 Å². The highest BCUT2D eigenvalue weighted by atomic mass is 16.5. The van der Waals surface area contributed by atoms with Gasteiger partial charge in [-0.3, -0.25) is 0 Å². The summed E-state index contributed by atoms with van der Waals surface area (Å²) in [6.45, 7) is 15.2. The van der Waals surface area contributed by atoms with Crippen molar-refractivity contribution in [2.24, 2.45) is 0 Å². The molecule has 0 radical (unpaired) electrons. The Morgan fingerprint density at radius 3 is 1.38 bits per heavy atom. The molecule has 234 valence electrons. The number of esters is 2. The first-order valence-corrected chi connectivity index (χ1v) is 15.4. The Morgan fingerprint density at radius 1 is 0.560 bits per heavy atom. The molecule has 0 unspecified atom stereocenters. The average Bonchev–Trinajstić information content (AvgIpc) is 3.14. The lowest BCUT2D eigenvalue weighted by atomic mass is 9.79. The molecule has 0 saturated heterocycles. The third-order valence-electron chi connectivity index (χ3n) is 8.77. The molecule has 0 saturated carbocycles. The fourth-order valence-electron chi connectivity index (χ4n) is 6.62. The van der Waals surface area contributed by atoms with Crippen LogP contribution in [0.2, 0.25) is 0 Å². The van der Waals surface area contributed by atoms with Crippen molar-refractivity contribution < 1.29 is 19.1 Å². The van der Waals surface area contributed by atoms with Crippen LogP contribution in [0.25, 0.3) is 20.8 Å². The highest BCUT2D eigenvalue weighted by Crippen LogP contribution is 2.41. The maximum absolute atomic E-state index is 13.6. The number of hydrogen-bond acceptors (Lipinski definition) is 6. The molecule has 2 aliphatic carbocycles. The summed E-state index contributed by atoms with van der Waals surface area (Å²) in [7, 11) is 0. The molecule has 0 amide bonds. The molecular formula is C42H22N4O4. The number of nitriles is 2. The largest absolute Gasteiger partial charge is 0.423 e. The van der Waals surface area contributed by atoms with Gasteiger partial charge >= 0.3 is 11.9 Å². The van der Waals surface area contributed by atoms with Crippen LogP contribution in [-0.2, 0) is 12.8 Å². The SMILES string of the molecule is [C-]#[N+]C(C#N)=C1c2ccccc2Cc2c(C(=O)Oc3cccc(OC(=O)c4cccc5c4Cc4ccccc4C5=C(C#N)[N+]#[C-])c3)cccc21. The van der Waals surface area contributed by atoms with E-state index in [-0.39, 0.29) is 34.0 Å². The lowest BCUT2D eigenvalue weighted by molar-refractivity contribution is 0.0732. The molecule has 0 N–H and O–H groups in total. The minimum atomic E-state index is -0.645. The topological polar surface area (TPSA) is 109 Å². The molecular weight excluding hydrogens is 624 g/mol. The molecule has 8 heteroatoms. The van der Waals surface area contributed by atoms with Gasteiger partial charge in [-0.2, -0.15) is 0 Å². The van der Waals surface area contributed by atoms with Crippen LogP contribution >= 0.6 is 0 Å². The third kappa shape index (κ3) is 5.36. The Balaban J connectivity index is 1.18. The first-order chi connectivity index (χ1) is 24.4. The molecule has 5 aromatic carbocycles. The van der Waals surface area contributed by atoms with Crippen molar-refractivity contribution in [1.82, 2.24) is 0 Å². The molecule has 5 aromatic rings. The van der Waals surface area contributed by atoms with Gasteiger partial charge in [-0.05, 0) is 81.6 Å². The molecule has 0 aromatic heterocycles. The van der Waals surface area contributed by atoms with Gasteiger partial charge in [0.1, 0.15) is 11.5 Å². The van der Waals surface area contributed by atoms with E-state index >= 15 is 0 Å². The van der Waals surface area contributed by atoms with Crippen LogP contribution in [-0.4, -0.2) is 11.9 Å². The third-order valence-corrected chi connectivity index (χ3v) is 8.77. The normalized spacial score (nSPS) is 14.0. The molecule has 0 spiro atoms. The van der Waals surface area contributed by atoms with Gasteiger partial charge in [0.15, 0.2) is 0 Å². The van der Waals surface area contributed by atoms with E-state index in [9.17, 15) is 20.1 Å². The quantitative estimate of drug-likeness (QED) is 0.0823. The second-order valence-corrected chi connectivity index (χ2v) is 11.5. The summed E-state index contributed by atoms with van der Waals surface area (Å²) in [5.74, 6) is -0.996. The maximum atomic E-state index is 13.6. The Bertz CT molecular complexity index is 2330. The van der Waals surface area contributed by atoms with E-state index in [0.29, 0.717) is 46.2 Å². The summed E-state index contributed by atoms with van der Waals surface area (Å²) in [4.78, 5) is 34.2. The molecule has 8 nitrogen and oxygen atoms in total.